The molecule has 0 saturated carbocycles. The van der Waals surface area contributed by atoms with Crippen LogP contribution < -0.4 is 16.0 Å². The van der Waals surface area contributed by atoms with Crippen molar-refractivity contribution in [2.24, 2.45) is 12.9 Å². The quantitative estimate of drug-likeness (QED) is 0.664. The number of aromatic nitrogens is 2. The Labute approximate surface area is 117 Å². The molecule has 0 amide bonds. The van der Waals surface area contributed by atoms with Gasteiger partial charge in [0.25, 0.3) is 0 Å². The van der Waals surface area contributed by atoms with Crippen molar-refractivity contribution in [2.75, 3.05) is 7.11 Å². The van der Waals surface area contributed by atoms with E-state index in [1.54, 1.807) is 17.9 Å². The molecule has 2 rings (SSSR count). The number of benzene rings is 1. The first-order chi connectivity index (χ1) is 9.06. The molecule has 6 heteroatoms. The first-order valence-corrected chi connectivity index (χ1v) is 6.24. The van der Waals surface area contributed by atoms with E-state index in [1.807, 2.05) is 32.3 Å². The molecule has 102 valence electrons. The molecule has 0 aliphatic rings. The van der Waals surface area contributed by atoms with Crippen molar-refractivity contribution in [2.45, 2.75) is 13.0 Å². The Morgan fingerprint density at radius 3 is 2.68 bits per heavy atom. The Balaban J connectivity index is 2.53. The van der Waals surface area contributed by atoms with E-state index < -0.39 is 0 Å². The molecule has 1 aromatic carbocycles. The fraction of sp³-hybridized carbons (Fsp3) is 0.308. The number of nitrogens with two attached hydrogens (primary N) is 1. The molecule has 0 radical (unpaired) electrons. The Kier molecular flexibility index (Phi) is 4.09. The number of ether oxygens (including phenoxy) is 1. The van der Waals surface area contributed by atoms with Crippen LogP contribution in [-0.4, -0.2) is 16.9 Å². The van der Waals surface area contributed by atoms with Gasteiger partial charge in [0.15, 0.2) is 0 Å². The summed E-state index contributed by atoms with van der Waals surface area (Å²) >= 11 is 6.06. The van der Waals surface area contributed by atoms with Crippen LogP contribution in [0.15, 0.2) is 24.4 Å². The molecule has 1 heterocycles. The minimum absolute atomic E-state index is 0.220. The minimum Gasteiger partial charge on any atom is -0.496 e. The highest BCUT2D eigenvalue weighted by molar-refractivity contribution is 6.30. The monoisotopic (exact) mass is 280 g/mol. The van der Waals surface area contributed by atoms with Gasteiger partial charge in [-0.05, 0) is 25.1 Å². The lowest BCUT2D eigenvalue weighted by Crippen LogP contribution is -2.29. The molecule has 1 aromatic heterocycles. The van der Waals surface area contributed by atoms with E-state index in [0.29, 0.717) is 5.02 Å². The van der Waals surface area contributed by atoms with Gasteiger partial charge in [-0.1, -0.05) is 11.6 Å². The first-order valence-electron chi connectivity index (χ1n) is 5.86. The molecule has 5 nitrogen and oxygen atoms in total. The summed E-state index contributed by atoms with van der Waals surface area (Å²) in [6.45, 7) is 1.94. The van der Waals surface area contributed by atoms with Gasteiger partial charge in [-0.3, -0.25) is 10.5 Å². The van der Waals surface area contributed by atoms with Gasteiger partial charge in [-0.15, -0.1) is 0 Å². The summed E-state index contributed by atoms with van der Waals surface area (Å²) in [5, 5.41) is 4.97. The number of nitrogens with one attached hydrogen (secondary N) is 1. The second-order valence-corrected chi connectivity index (χ2v) is 4.77. The zero-order valence-electron chi connectivity index (χ0n) is 11.1. The fourth-order valence-electron chi connectivity index (χ4n) is 2.18. The molecule has 0 bridgehead atoms. The van der Waals surface area contributed by atoms with E-state index in [-0.39, 0.29) is 6.04 Å². The van der Waals surface area contributed by atoms with Crippen molar-refractivity contribution in [3.63, 3.8) is 0 Å². The molecule has 3 N–H and O–H groups in total. The van der Waals surface area contributed by atoms with Crippen LogP contribution in [-0.2, 0) is 7.05 Å². The summed E-state index contributed by atoms with van der Waals surface area (Å²) in [7, 11) is 3.50. The fourth-order valence-corrected chi connectivity index (χ4v) is 2.36. The van der Waals surface area contributed by atoms with Gasteiger partial charge in [0.2, 0.25) is 0 Å². The highest BCUT2D eigenvalue weighted by atomic mass is 35.5. The van der Waals surface area contributed by atoms with Crippen molar-refractivity contribution in [3.05, 3.63) is 46.2 Å². The van der Waals surface area contributed by atoms with Crippen LogP contribution in [0.4, 0.5) is 0 Å². The third kappa shape index (κ3) is 2.73. The van der Waals surface area contributed by atoms with Crippen LogP contribution in [0.25, 0.3) is 0 Å². The molecule has 0 spiro atoms. The maximum atomic E-state index is 6.06. The van der Waals surface area contributed by atoms with Crippen molar-refractivity contribution < 1.29 is 4.74 Å². The van der Waals surface area contributed by atoms with Gasteiger partial charge >= 0.3 is 0 Å². The number of methoxy groups -OCH3 is 1. The number of hydrogen-bond acceptors (Lipinski definition) is 4. The maximum absolute atomic E-state index is 6.06. The number of halogens is 1. The highest BCUT2D eigenvalue weighted by Gasteiger charge is 2.21. The summed E-state index contributed by atoms with van der Waals surface area (Å²) in [5.74, 6) is 6.43. The maximum Gasteiger partial charge on any atom is 0.124 e. The summed E-state index contributed by atoms with van der Waals surface area (Å²) in [6.07, 6.45) is 1.93. The second-order valence-electron chi connectivity index (χ2n) is 4.33. The smallest absolute Gasteiger partial charge is 0.124 e. The van der Waals surface area contributed by atoms with Crippen LogP contribution in [0.2, 0.25) is 5.02 Å². The van der Waals surface area contributed by atoms with E-state index in [4.69, 9.17) is 22.2 Å². The van der Waals surface area contributed by atoms with E-state index in [0.717, 1.165) is 22.6 Å². The summed E-state index contributed by atoms with van der Waals surface area (Å²) in [4.78, 5) is 0. The first kappa shape index (κ1) is 13.9. The van der Waals surface area contributed by atoms with Gasteiger partial charge in [0, 0.05) is 29.4 Å². The van der Waals surface area contributed by atoms with E-state index in [1.165, 1.54) is 0 Å². The molecule has 0 aliphatic heterocycles. The zero-order valence-corrected chi connectivity index (χ0v) is 11.9. The Morgan fingerprint density at radius 1 is 1.42 bits per heavy atom. The lowest BCUT2D eigenvalue weighted by atomic mass is 9.99. The van der Waals surface area contributed by atoms with Crippen molar-refractivity contribution in [1.29, 1.82) is 0 Å². The Bertz CT molecular complexity index is 582. The summed E-state index contributed by atoms with van der Waals surface area (Å²) < 4.78 is 7.13. The molecular formula is C13H17ClN4O. The predicted molar refractivity (Wildman–Crippen MR) is 75.1 cm³/mol. The van der Waals surface area contributed by atoms with Crippen LogP contribution in [0.5, 0.6) is 5.75 Å². The van der Waals surface area contributed by atoms with Crippen LogP contribution in [0.3, 0.4) is 0 Å². The van der Waals surface area contributed by atoms with Gasteiger partial charge < -0.3 is 4.74 Å². The number of aryl methyl sites for hydroxylation is 2. The van der Waals surface area contributed by atoms with Gasteiger partial charge in [0.1, 0.15) is 5.75 Å². The highest BCUT2D eigenvalue weighted by Crippen LogP contribution is 2.32. The van der Waals surface area contributed by atoms with E-state index in [9.17, 15) is 0 Å². The Morgan fingerprint density at radius 2 is 2.16 bits per heavy atom. The third-order valence-electron chi connectivity index (χ3n) is 3.03. The molecule has 0 aliphatic carbocycles. The van der Waals surface area contributed by atoms with E-state index >= 15 is 0 Å². The van der Waals surface area contributed by atoms with Crippen LogP contribution >= 0.6 is 11.6 Å². The van der Waals surface area contributed by atoms with Crippen molar-refractivity contribution in [1.82, 2.24) is 15.2 Å². The number of hydrogen-bond donors (Lipinski definition) is 2. The summed E-state index contributed by atoms with van der Waals surface area (Å²) in [5.41, 5.74) is 5.58. The topological polar surface area (TPSA) is 65.1 Å². The predicted octanol–water partition coefficient (Wildman–Crippen LogP) is 1.94. The van der Waals surface area contributed by atoms with Crippen molar-refractivity contribution >= 4 is 11.6 Å². The molecule has 1 unspecified atom stereocenters. The molecule has 19 heavy (non-hydrogen) atoms. The zero-order chi connectivity index (χ0) is 14.0. The summed E-state index contributed by atoms with van der Waals surface area (Å²) in [6, 6.07) is 5.24. The SMILES string of the molecule is COc1ccc(Cl)cc1C(NN)c1cn(C)nc1C. The number of nitrogens with zero attached hydrogens (tertiary/aromatic N) is 2. The van der Waals surface area contributed by atoms with Gasteiger partial charge in [-0.25, -0.2) is 5.43 Å². The molecular weight excluding hydrogens is 264 g/mol. The average Bonchev–Trinajstić information content (AvgIpc) is 2.70. The van der Waals surface area contributed by atoms with Crippen LogP contribution in [0.1, 0.15) is 22.9 Å². The largest absolute Gasteiger partial charge is 0.496 e. The minimum atomic E-state index is -0.220. The van der Waals surface area contributed by atoms with Gasteiger partial charge in [0.05, 0.1) is 18.8 Å². The van der Waals surface area contributed by atoms with Crippen LogP contribution in [0, 0.1) is 6.92 Å². The second kappa shape index (κ2) is 5.61. The number of hydrazine groups is 1. The molecule has 0 saturated heterocycles. The Hall–Kier alpha value is -1.56. The van der Waals surface area contributed by atoms with E-state index in [2.05, 4.69) is 10.5 Å². The lowest BCUT2D eigenvalue weighted by molar-refractivity contribution is 0.404. The lowest BCUT2D eigenvalue weighted by Gasteiger charge is -2.19. The third-order valence-corrected chi connectivity index (χ3v) is 3.27. The molecule has 2 aromatic rings. The van der Waals surface area contributed by atoms with Gasteiger partial charge in [-0.2, -0.15) is 5.10 Å². The van der Waals surface area contributed by atoms with Crippen molar-refractivity contribution in [3.8, 4) is 5.75 Å². The standard InChI is InChI=1S/C13H17ClN4O/c1-8-11(7-18(2)17-8)13(16-15)10-6-9(14)4-5-12(10)19-3/h4-7,13,16H,15H2,1-3H3. The number of rotatable bonds is 4. The normalized spacial score (nSPS) is 12.5. The molecule has 0 fully saturated rings. The molecule has 1 atom stereocenters. The average molecular weight is 281 g/mol.